The van der Waals surface area contributed by atoms with Crippen molar-refractivity contribution in [2.45, 2.75) is 13.0 Å². The Bertz CT molecular complexity index is 228. The molecule has 0 saturated heterocycles. The molecule has 1 aromatic rings. The van der Waals surface area contributed by atoms with Crippen molar-refractivity contribution in [1.82, 2.24) is 4.98 Å². The number of pyridine rings is 1. The van der Waals surface area contributed by atoms with Crippen LogP contribution in [0.5, 0.6) is 0 Å². The summed E-state index contributed by atoms with van der Waals surface area (Å²) in [5, 5.41) is 8.70. The largest absolute Gasteiger partial charge is 0.394 e. The highest BCUT2D eigenvalue weighted by atomic mass is 35.5. The average Bonchev–Trinajstić information content (AvgIpc) is 2.05. The average molecular weight is 225 g/mol. The van der Waals surface area contributed by atoms with Gasteiger partial charge in [0.25, 0.3) is 0 Å². The predicted molar refractivity (Wildman–Crippen MR) is 57.5 cm³/mol. The van der Waals surface area contributed by atoms with Gasteiger partial charge in [-0.2, -0.15) is 0 Å². The van der Waals surface area contributed by atoms with Gasteiger partial charge in [0.1, 0.15) is 0 Å². The van der Waals surface area contributed by atoms with Gasteiger partial charge in [-0.25, -0.2) is 0 Å². The highest BCUT2D eigenvalue weighted by molar-refractivity contribution is 5.85. The zero-order valence-electron chi connectivity index (χ0n) is 7.30. The summed E-state index contributed by atoms with van der Waals surface area (Å²) < 4.78 is 0. The van der Waals surface area contributed by atoms with E-state index in [0.717, 1.165) is 11.3 Å². The summed E-state index contributed by atoms with van der Waals surface area (Å²) in [7, 11) is 0. The lowest BCUT2D eigenvalue weighted by Gasteiger charge is -2.06. The number of aliphatic hydroxyl groups excluding tert-OH is 1. The Morgan fingerprint density at radius 2 is 2.08 bits per heavy atom. The van der Waals surface area contributed by atoms with E-state index < -0.39 is 0 Å². The molecule has 0 aliphatic carbocycles. The molecule has 1 aromatic heterocycles. The molecule has 0 saturated carbocycles. The second-order valence-electron chi connectivity index (χ2n) is 2.52. The molecule has 0 aliphatic rings. The lowest BCUT2D eigenvalue weighted by Crippen LogP contribution is -2.14. The van der Waals surface area contributed by atoms with Gasteiger partial charge in [-0.15, -0.1) is 24.8 Å². The van der Waals surface area contributed by atoms with Crippen molar-refractivity contribution in [2.24, 2.45) is 5.73 Å². The van der Waals surface area contributed by atoms with Crippen molar-refractivity contribution < 1.29 is 5.11 Å². The lowest BCUT2D eigenvalue weighted by atomic mass is 10.1. The summed E-state index contributed by atoms with van der Waals surface area (Å²) in [6.45, 7) is 1.87. The van der Waals surface area contributed by atoms with Crippen LogP contribution in [0.3, 0.4) is 0 Å². The van der Waals surface area contributed by atoms with Crippen molar-refractivity contribution in [1.29, 1.82) is 0 Å². The Balaban J connectivity index is 0. The maximum absolute atomic E-state index is 8.70. The van der Waals surface area contributed by atoms with Gasteiger partial charge in [0.15, 0.2) is 0 Å². The zero-order valence-corrected chi connectivity index (χ0v) is 8.94. The number of hydrogen-bond acceptors (Lipinski definition) is 3. The molecule has 3 nitrogen and oxygen atoms in total. The SMILES string of the molecule is Cc1ccc([C@H](N)CO)cn1.Cl.Cl. The summed E-state index contributed by atoms with van der Waals surface area (Å²) in [4.78, 5) is 4.06. The van der Waals surface area contributed by atoms with Gasteiger partial charge in [-0.05, 0) is 18.6 Å². The molecule has 76 valence electrons. The van der Waals surface area contributed by atoms with E-state index in [1.807, 2.05) is 19.1 Å². The van der Waals surface area contributed by atoms with Gasteiger partial charge in [0.2, 0.25) is 0 Å². The summed E-state index contributed by atoms with van der Waals surface area (Å²) in [5.41, 5.74) is 7.38. The number of nitrogens with zero attached hydrogens (tertiary/aromatic N) is 1. The quantitative estimate of drug-likeness (QED) is 0.795. The molecule has 0 bridgehead atoms. The smallest absolute Gasteiger partial charge is 0.0624 e. The van der Waals surface area contributed by atoms with Crippen LogP contribution in [0.25, 0.3) is 0 Å². The molecule has 1 rings (SSSR count). The molecule has 0 fully saturated rings. The number of aromatic nitrogens is 1. The van der Waals surface area contributed by atoms with Crippen molar-refractivity contribution in [3.63, 3.8) is 0 Å². The van der Waals surface area contributed by atoms with Crippen LogP contribution in [0.15, 0.2) is 18.3 Å². The monoisotopic (exact) mass is 224 g/mol. The Kier molecular flexibility index (Phi) is 8.26. The van der Waals surface area contributed by atoms with Gasteiger partial charge >= 0.3 is 0 Å². The van der Waals surface area contributed by atoms with Crippen molar-refractivity contribution >= 4 is 24.8 Å². The fourth-order valence-electron chi connectivity index (χ4n) is 0.804. The van der Waals surface area contributed by atoms with Crippen molar-refractivity contribution in [3.8, 4) is 0 Å². The standard InChI is InChI=1S/C8H12N2O.2ClH/c1-6-2-3-7(4-10-6)8(9)5-11;;/h2-4,8,11H,5,9H2,1H3;2*1H/t8-;;/m1../s1. The number of rotatable bonds is 2. The first-order valence-electron chi connectivity index (χ1n) is 3.53. The molecule has 0 amide bonds. The summed E-state index contributed by atoms with van der Waals surface area (Å²) >= 11 is 0. The fourth-order valence-corrected chi connectivity index (χ4v) is 0.804. The number of halogens is 2. The van der Waals surface area contributed by atoms with E-state index in [0.29, 0.717) is 0 Å². The van der Waals surface area contributed by atoms with Crippen LogP contribution in [0, 0.1) is 6.92 Å². The van der Waals surface area contributed by atoms with E-state index in [1.165, 1.54) is 0 Å². The Morgan fingerprint density at radius 3 is 2.46 bits per heavy atom. The minimum Gasteiger partial charge on any atom is -0.394 e. The van der Waals surface area contributed by atoms with Crippen LogP contribution in [0.4, 0.5) is 0 Å². The van der Waals surface area contributed by atoms with E-state index in [4.69, 9.17) is 10.8 Å². The molecular formula is C8H14Cl2N2O. The first kappa shape index (κ1) is 15.1. The second kappa shape index (κ2) is 7.09. The van der Waals surface area contributed by atoms with Crippen molar-refractivity contribution in [2.75, 3.05) is 6.61 Å². The number of aliphatic hydroxyl groups is 1. The summed E-state index contributed by atoms with van der Waals surface area (Å²) in [6.07, 6.45) is 1.69. The van der Waals surface area contributed by atoms with Crippen LogP contribution in [-0.4, -0.2) is 16.7 Å². The summed E-state index contributed by atoms with van der Waals surface area (Å²) in [6, 6.07) is 3.46. The normalized spacial score (nSPS) is 11.0. The highest BCUT2D eigenvalue weighted by Crippen LogP contribution is 2.07. The van der Waals surface area contributed by atoms with Gasteiger partial charge in [0.05, 0.1) is 12.6 Å². The molecule has 0 aromatic carbocycles. The number of hydrogen-bond donors (Lipinski definition) is 2. The third-order valence-corrected chi connectivity index (χ3v) is 1.56. The predicted octanol–water partition coefficient (Wildman–Crippen LogP) is 1.23. The van der Waals surface area contributed by atoms with E-state index in [1.54, 1.807) is 6.20 Å². The van der Waals surface area contributed by atoms with Crippen molar-refractivity contribution in [3.05, 3.63) is 29.6 Å². The van der Waals surface area contributed by atoms with Crippen LogP contribution >= 0.6 is 24.8 Å². The van der Waals surface area contributed by atoms with Gasteiger partial charge in [-0.1, -0.05) is 6.07 Å². The Hall–Kier alpha value is -0.350. The minimum atomic E-state index is -0.303. The number of nitrogens with two attached hydrogens (primary N) is 1. The van der Waals surface area contributed by atoms with E-state index in [2.05, 4.69) is 4.98 Å². The minimum absolute atomic E-state index is 0. The zero-order chi connectivity index (χ0) is 8.27. The first-order valence-corrected chi connectivity index (χ1v) is 3.53. The molecule has 0 unspecified atom stereocenters. The van der Waals surface area contributed by atoms with Crippen LogP contribution in [0.1, 0.15) is 17.3 Å². The topological polar surface area (TPSA) is 59.1 Å². The highest BCUT2D eigenvalue weighted by Gasteiger charge is 2.02. The molecule has 0 radical (unpaired) electrons. The first-order chi connectivity index (χ1) is 5.24. The third kappa shape index (κ3) is 4.43. The molecular weight excluding hydrogens is 211 g/mol. The van der Waals surface area contributed by atoms with E-state index in [9.17, 15) is 0 Å². The van der Waals surface area contributed by atoms with Crippen LogP contribution < -0.4 is 5.73 Å². The maximum atomic E-state index is 8.70. The molecule has 5 heteroatoms. The van der Waals surface area contributed by atoms with E-state index >= 15 is 0 Å². The maximum Gasteiger partial charge on any atom is 0.0624 e. The van der Waals surface area contributed by atoms with E-state index in [-0.39, 0.29) is 37.5 Å². The molecule has 0 spiro atoms. The number of aryl methyl sites for hydroxylation is 1. The molecule has 13 heavy (non-hydrogen) atoms. The molecule has 0 aliphatic heterocycles. The van der Waals surface area contributed by atoms with Crippen LogP contribution in [-0.2, 0) is 0 Å². The fraction of sp³-hybridized carbons (Fsp3) is 0.375. The third-order valence-electron chi connectivity index (χ3n) is 1.56. The molecule has 1 atom stereocenters. The Labute approximate surface area is 90.2 Å². The Morgan fingerprint density at radius 1 is 1.46 bits per heavy atom. The van der Waals surface area contributed by atoms with Gasteiger partial charge in [0, 0.05) is 11.9 Å². The van der Waals surface area contributed by atoms with Gasteiger partial charge < -0.3 is 10.8 Å². The van der Waals surface area contributed by atoms with Gasteiger partial charge in [-0.3, -0.25) is 4.98 Å². The van der Waals surface area contributed by atoms with Crippen LogP contribution in [0.2, 0.25) is 0 Å². The molecule has 3 N–H and O–H groups in total. The lowest BCUT2D eigenvalue weighted by molar-refractivity contribution is 0.268. The second-order valence-corrected chi connectivity index (χ2v) is 2.52. The molecule has 1 heterocycles. The summed E-state index contributed by atoms with van der Waals surface area (Å²) in [5.74, 6) is 0.